The van der Waals surface area contributed by atoms with Crippen LogP contribution < -0.4 is 10.1 Å². The van der Waals surface area contributed by atoms with Gasteiger partial charge >= 0.3 is 12.0 Å². The molecule has 1 aliphatic heterocycles. The summed E-state index contributed by atoms with van der Waals surface area (Å²) in [4.78, 5) is 35.6. The number of ether oxygens (including phenoxy) is 2. The first-order valence-corrected chi connectivity index (χ1v) is 6.91. The van der Waals surface area contributed by atoms with E-state index < -0.39 is 24.5 Å². The average molecular weight is 306 g/mol. The third-order valence-electron chi connectivity index (χ3n) is 3.20. The largest absolute Gasteiger partial charge is 0.482 e. The lowest BCUT2D eigenvalue weighted by molar-refractivity contribution is -0.152. The van der Waals surface area contributed by atoms with Gasteiger partial charge in [-0.3, -0.25) is 9.69 Å². The summed E-state index contributed by atoms with van der Waals surface area (Å²) in [5.41, 5.74) is 1.92. The van der Waals surface area contributed by atoms with Gasteiger partial charge in [0.05, 0.1) is 0 Å². The number of rotatable bonds is 5. The number of carbonyl (C=O) groups excluding carboxylic acids is 3. The highest BCUT2D eigenvalue weighted by Crippen LogP contribution is 2.18. The normalized spacial score (nSPS) is 13.7. The molecule has 0 aliphatic carbocycles. The van der Waals surface area contributed by atoms with Gasteiger partial charge in [-0.25, -0.2) is 9.59 Å². The second-order valence-corrected chi connectivity index (χ2v) is 5.00. The SMILES string of the molecule is Cc1ccc(C)c(OCC(=O)OCC(=O)N2CCNC2=O)c1. The summed E-state index contributed by atoms with van der Waals surface area (Å²) in [6, 6.07) is 5.20. The van der Waals surface area contributed by atoms with E-state index >= 15 is 0 Å². The molecule has 1 heterocycles. The van der Waals surface area contributed by atoms with E-state index in [9.17, 15) is 14.4 Å². The molecule has 7 nitrogen and oxygen atoms in total. The topological polar surface area (TPSA) is 84.9 Å². The van der Waals surface area contributed by atoms with Crippen LogP contribution in [0.1, 0.15) is 11.1 Å². The van der Waals surface area contributed by atoms with E-state index in [-0.39, 0.29) is 13.2 Å². The summed E-state index contributed by atoms with van der Waals surface area (Å²) < 4.78 is 10.2. The summed E-state index contributed by atoms with van der Waals surface area (Å²) in [6.07, 6.45) is 0. The van der Waals surface area contributed by atoms with Gasteiger partial charge in [-0.1, -0.05) is 12.1 Å². The Morgan fingerprint density at radius 2 is 2.05 bits per heavy atom. The molecule has 1 aliphatic rings. The molecule has 0 bridgehead atoms. The summed E-state index contributed by atoms with van der Waals surface area (Å²) in [6.45, 7) is 3.73. The number of amides is 3. The van der Waals surface area contributed by atoms with Crippen LogP contribution >= 0.6 is 0 Å². The summed E-state index contributed by atoms with van der Waals surface area (Å²) in [5.74, 6) is -0.605. The first-order valence-electron chi connectivity index (χ1n) is 6.91. The highest BCUT2D eigenvalue weighted by Gasteiger charge is 2.26. The second-order valence-electron chi connectivity index (χ2n) is 5.00. The van der Waals surface area contributed by atoms with Crippen LogP contribution in [0.5, 0.6) is 5.75 Å². The maximum atomic E-state index is 11.7. The zero-order valence-electron chi connectivity index (χ0n) is 12.5. The molecule has 0 unspecified atom stereocenters. The number of imide groups is 1. The number of hydrogen-bond acceptors (Lipinski definition) is 5. The first kappa shape index (κ1) is 15.8. The van der Waals surface area contributed by atoms with Crippen molar-refractivity contribution >= 4 is 17.9 Å². The molecular weight excluding hydrogens is 288 g/mol. The Balaban J connectivity index is 1.77. The lowest BCUT2D eigenvalue weighted by Gasteiger charge is -2.13. The van der Waals surface area contributed by atoms with Gasteiger partial charge in [0.1, 0.15) is 5.75 Å². The van der Waals surface area contributed by atoms with E-state index in [1.165, 1.54) is 0 Å². The van der Waals surface area contributed by atoms with E-state index in [4.69, 9.17) is 9.47 Å². The van der Waals surface area contributed by atoms with Crippen molar-refractivity contribution in [3.63, 3.8) is 0 Å². The molecule has 3 amide bonds. The molecule has 1 N–H and O–H groups in total. The van der Waals surface area contributed by atoms with Gasteiger partial charge in [0.15, 0.2) is 13.2 Å². The van der Waals surface area contributed by atoms with Crippen LogP contribution in [0.4, 0.5) is 4.79 Å². The maximum absolute atomic E-state index is 11.7. The fourth-order valence-electron chi connectivity index (χ4n) is 1.97. The average Bonchev–Trinajstić information content (AvgIpc) is 2.92. The molecule has 0 radical (unpaired) electrons. The minimum absolute atomic E-state index is 0.286. The van der Waals surface area contributed by atoms with Crippen LogP contribution in [0.3, 0.4) is 0 Å². The second kappa shape index (κ2) is 6.93. The van der Waals surface area contributed by atoms with Crippen LogP contribution in [0.25, 0.3) is 0 Å². The first-order chi connectivity index (χ1) is 10.5. The summed E-state index contributed by atoms with van der Waals surface area (Å²) >= 11 is 0. The van der Waals surface area contributed by atoms with Crippen molar-refractivity contribution in [3.05, 3.63) is 29.3 Å². The molecule has 0 spiro atoms. The molecule has 0 atom stereocenters. The number of aryl methyl sites for hydroxylation is 2. The Morgan fingerprint density at radius 1 is 1.27 bits per heavy atom. The number of nitrogens with zero attached hydrogens (tertiary/aromatic N) is 1. The highest BCUT2D eigenvalue weighted by molar-refractivity contribution is 5.96. The molecule has 0 aromatic heterocycles. The lowest BCUT2D eigenvalue weighted by atomic mass is 10.1. The molecule has 1 aromatic rings. The van der Waals surface area contributed by atoms with Crippen molar-refractivity contribution in [1.29, 1.82) is 0 Å². The van der Waals surface area contributed by atoms with E-state index in [1.54, 1.807) is 0 Å². The quantitative estimate of drug-likeness (QED) is 0.813. The zero-order valence-corrected chi connectivity index (χ0v) is 12.5. The number of hydrogen-bond donors (Lipinski definition) is 1. The Hall–Kier alpha value is -2.57. The molecule has 1 aromatic carbocycles. The molecular formula is C15H18N2O5. The summed E-state index contributed by atoms with van der Waals surface area (Å²) in [5, 5.41) is 2.50. The standard InChI is InChI=1S/C15H18N2O5/c1-10-3-4-11(2)12(7-10)21-9-14(19)22-8-13(18)17-6-5-16-15(17)20/h3-4,7H,5-6,8-9H2,1-2H3,(H,16,20). The van der Waals surface area contributed by atoms with Gasteiger partial charge in [-0.15, -0.1) is 0 Å². The Kier molecular flexibility index (Phi) is 4.98. The minimum atomic E-state index is -0.658. The molecule has 22 heavy (non-hydrogen) atoms. The predicted molar refractivity (Wildman–Crippen MR) is 77.5 cm³/mol. The molecule has 1 fully saturated rings. The van der Waals surface area contributed by atoms with Crippen LogP contribution in [0.15, 0.2) is 18.2 Å². The molecule has 7 heteroatoms. The van der Waals surface area contributed by atoms with Gasteiger partial charge in [0, 0.05) is 13.1 Å². The van der Waals surface area contributed by atoms with Crippen LogP contribution in [0.2, 0.25) is 0 Å². The van der Waals surface area contributed by atoms with E-state index in [0.29, 0.717) is 12.3 Å². The van der Waals surface area contributed by atoms with E-state index in [1.807, 2.05) is 32.0 Å². The Labute approximate surface area is 128 Å². The van der Waals surface area contributed by atoms with E-state index in [0.717, 1.165) is 16.0 Å². The number of carbonyl (C=O) groups is 3. The van der Waals surface area contributed by atoms with Crippen LogP contribution in [-0.2, 0) is 14.3 Å². The van der Waals surface area contributed by atoms with E-state index in [2.05, 4.69) is 5.32 Å². The molecule has 1 saturated heterocycles. The van der Waals surface area contributed by atoms with Crippen molar-refractivity contribution in [2.75, 3.05) is 26.3 Å². The monoisotopic (exact) mass is 306 g/mol. The van der Waals surface area contributed by atoms with Gasteiger partial charge in [-0.2, -0.15) is 0 Å². The third-order valence-corrected chi connectivity index (χ3v) is 3.20. The van der Waals surface area contributed by atoms with Crippen molar-refractivity contribution in [2.24, 2.45) is 0 Å². The Morgan fingerprint density at radius 3 is 2.73 bits per heavy atom. The Bertz CT molecular complexity index is 600. The van der Waals surface area contributed by atoms with Gasteiger partial charge < -0.3 is 14.8 Å². The molecule has 0 saturated carbocycles. The minimum Gasteiger partial charge on any atom is -0.482 e. The van der Waals surface area contributed by atoms with Crippen molar-refractivity contribution in [3.8, 4) is 5.75 Å². The highest BCUT2D eigenvalue weighted by atomic mass is 16.6. The van der Waals surface area contributed by atoms with Crippen LogP contribution in [0, 0.1) is 13.8 Å². The number of urea groups is 1. The van der Waals surface area contributed by atoms with Gasteiger partial charge in [0.25, 0.3) is 5.91 Å². The van der Waals surface area contributed by atoms with Crippen molar-refractivity contribution in [1.82, 2.24) is 10.2 Å². The molecule has 2 rings (SSSR count). The molecule has 118 valence electrons. The van der Waals surface area contributed by atoms with Gasteiger partial charge in [0.2, 0.25) is 0 Å². The third kappa shape index (κ3) is 3.97. The zero-order chi connectivity index (χ0) is 16.1. The van der Waals surface area contributed by atoms with Crippen molar-refractivity contribution < 1.29 is 23.9 Å². The fourth-order valence-corrected chi connectivity index (χ4v) is 1.97. The number of nitrogens with one attached hydrogen (secondary N) is 1. The maximum Gasteiger partial charge on any atom is 0.344 e. The number of benzene rings is 1. The summed E-state index contributed by atoms with van der Waals surface area (Å²) in [7, 11) is 0. The fraction of sp³-hybridized carbons (Fsp3) is 0.400. The van der Waals surface area contributed by atoms with Gasteiger partial charge in [-0.05, 0) is 31.0 Å². The van der Waals surface area contributed by atoms with Crippen molar-refractivity contribution in [2.45, 2.75) is 13.8 Å². The van der Waals surface area contributed by atoms with Crippen LogP contribution in [-0.4, -0.2) is 49.1 Å². The predicted octanol–water partition coefficient (Wildman–Crippen LogP) is 0.777. The smallest absolute Gasteiger partial charge is 0.344 e. The lowest BCUT2D eigenvalue weighted by Crippen LogP contribution is -2.37. The number of esters is 1.